The Balaban J connectivity index is 2.18. The molecule has 0 aliphatic carbocycles. The molecule has 0 radical (unpaired) electrons. The Kier molecular flexibility index (Phi) is 11.1. The fourth-order valence-electron chi connectivity index (χ4n) is 2.75. The lowest BCUT2D eigenvalue weighted by atomic mass is 10.1. The Morgan fingerprint density at radius 2 is 1.68 bits per heavy atom. The third-order valence-corrected chi connectivity index (χ3v) is 4.19. The van der Waals surface area contributed by atoms with Crippen LogP contribution in [0.5, 0.6) is 0 Å². The van der Waals surface area contributed by atoms with Gasteiger partial charge in [-0.1, -0.05) is 71.3 Å². The van der Waals surface area contributed by atoms with E-state index in [0.29, 0.717) is 0 Å². The number of unbranched alkanes of at least 4 members (excludes halogenated alkanes) is 8. The van der Waals surface area contributed by atoms with Crippen molar-refractivity contribution >= 4 is 5.90 Å². The van der Waals surface area contributed by atoms with Gasteiger partial charge in [-0.2, -0.15) is 0 Å². The molecular formula is C19H35NO2. The highest BCUT2D eigenvalue weighted by Crippen LogP contribution is 2.19. The van der Waals surface area contributed by atoms with Crippen LogP contribution >= 0.6 is 0 Å². The lowest BCUT2D eigenvalue weighted by Gasteiger charge is -2.11. The molecule has 22 heavy (non-hydrogen) atoms. The molecule has 0 aromatic heterocycles. The zero-order valence-corrected chi connectivity index (χ0v) is 14.6. The first-order chi connectivity index (χ1) is 10.8. The summed E-state index contributed by atoms with van der Waals surface area (Å²) in [5.41, 5.74) is 0. The van der Waals surface area contributed by atoms with E-state index in [1.807, 2.05) is 0 Å². The predicted molar refractivity (Wildman–Crippen MR) is 94.5 cm³/mol. The van der Waals surface area contributed by atoms with Crippen LogP contribution in [0.25, 0.3) is 0 Å². The van der Waals surface area contributed by atoms with Gasteiger partial charge in [0.2, 0.25) is 0 Å². The monoisotopic (exact) mass is 309 g/mol. The highest BCUT2D eigenvalue weighted by atomic mass is 16.5. The summed E-state index contributed by atoms with van der Waals surface area (Å²) in [7, 11) is 0. The second kappa shape index (κ2) is 12.7. The van der Waals surface area contributed by atoms with E-state index in [2.05, 4.69) is 31.0 Å². The third-order valence-electron chi connectivity index (χ3n) is 4.19. The molecule has 128 valence electrons. The number of hydrogen-bond acceptors (Lipinski definition) is 3. The number of aliphatic hydroxyl groups is 1. The summed E-state index contributed by atoms with van der Waals surface area (Å²) in [4.78, 5) is 4.53. The van der Waals surface area contributed by atoms with Crippen LogP contribution in [0.1, 0.15) is 84.5 Å². The maximum Gasteiger partial charge on any atom is 0.184 e. The third kappa shape index (κ3) is 7.98. The van der Waals surface area contributed by atoms with E-state index in [-0.39, 0.29) is 18.8 Å². The summed E-state index contributed by atoms with van der Waals surface area (Å²) in [6.07, 6.45) is 17.7. The second-order valence-corrected chi connectivity index (χ2v) is 6.30. The van der Waals surface area contributed by atoms with Gasteiger partial charge in [-0.15, -0.1) is 0 Å². The summed E-state index contributed by atoms with van der Waals surface area (Å²) in [5, 5.41) is 9.43. The molecule has 0 aromatic carbocycles. The van der Waals surface area contributed by atoms with E-state index in [4.69, 9.17) is 4.74 Å². The minimum Gasteiger partial charge on any atom is -0.471 e. The van der Waals surface area contributed by atoms with Crippen molar-refractivity contribution in [1.29, 1.82) is 0 Å². The van der Waals surface area contributed by atoms with Gasteiger partial charge in [-0.3, -0.25) is 0 Å². The summed E-state index contributed by atoms with van der Waals surface area (Å²) < 4.78 is 5.89. The van der Waals surface area contributed by atoms with Crippen LogP contribution in [0.2, 0.25) is 0 Å². The smallest absolute Gasteiger partial charge is 0.184 e. The van der Waals surface area contributed by atoms with E-state index in [0.717, 1.165) is 25.2 Å². The molecule has 3 nitrogen and oxygen atoms in total. The van der Waals surface area contributed by atoms with Crippen molar-refractivity contribution in [3.8, 4) is 0 Å². The molecule has 0 amide bonds. The van der Waals surface area contributed by atoms with Gasteiger partial charge in [0.05, 0.1) is 6.61 Å². The van der Waals surface area contributed by atoms with Crippen LogP contribution in [-0.2, 0) is 4.74 Å². The first-order valence-corrected chi connectivity index (χ1v) is 9.32. The standard InChI is InChI=1S/C19H35NO2/c1-3-5-7-9-10-11-13-15-19-20-17(16-21)18(22-19)14-12-8-6-4-2/h12,14,17-18,21H,3-11,13,15-16H2,1-2H3/b14-12+/t17-,18-/m1/s1. The Bertz CT molecular complexity index is 325. The minimum atomic E-state index is -0.0996. The van der Waals surface area contributed by atoms with Crippen molar-refractivity contribution in [3.63, 3.8) is 0 Å². The molecule has 0 saturated carbocycles. The SMILES string of the molecule is CCCC/C=C/[C@H]1OC(CCCCCCCCC)=N[C@@H]1CO. The number of hydrogen-bond donors (Lipinski definition) is 1. The lowest BCUT2D eigenvalue weighted by molar-refractivity contribution is 0.181. The lowest BCUT2D eigenvalue weighted by Crippen LogP contribution is -2.23. The molecule has 3 heteroatoms. The maximum absolute atomic E-state index is 9.43. The van der Waals surface area contributed by atoms with Crippen LogP contribution in [0.15, 0.2) is 17.1 Å². The first-order valence-electron chi connectivity index (χ1n) is 9.32. The summed E-state index contributed by atoms with van der Waals surface area (Å²) in [6, 6.07) is -0.0996. The Hall–Kier alpha value is -0.830. The van der Waals surface area contributed by atoms with E-state index in [9.17, 15) is 5.11 Å². The number of rotatable bonds is 13. The quantitative estimate of drug-likeness (QED) is 0.383. The molecule has 0 unspecified atom stereocenters. The number of aliphatic imine (C=N–C) groups is 1. The zero-order chi connectivity index (χ0) is 16.0. The molecule has 1 aliphatic rings. The molecule has 1 aliphatic heterocycles. The Morgan fingerprint density at radius 3 is 2.36 bits per heavy atom. The molecule has 0 bridgehead atoms. The maximum atomic E-state index is 9.43. The molecule has 0 fully saturated rings. The number of aliphatic hydroxyl groups excluding tert-OH is 1. The van der Waals surface area contributed by atoms with Gasteiger partial charge in [0, 0.05) is 6.42 Å². The molecule has 0 saturated heterocycles. The molecule has 1 N–H and O–H groups in total. The van der Waals surface area contributed by atoms with Crippen LogP contribution in [0, 0.1) is 0 Å². The van der Waals surface area contributed by atoms with E-state index in [1.165, 1.54) is 51.4 Å². The Morgan fingerprint density at radius 1 is 1.00 bits per heavy atom. The topological polar surface area (TPSA) is 41.8 Å². The summed E-state index contributed by atoms with van der Waals surface area (Å²) in [5.74, 6) is 0.845. The van der Waals surface area contributed by atoms with Crippen molar-refractivity contribution in [2.75, 3.05) is 6.61 Å². The largest absolute Gasteiger partial charge is 0.471 e. The minimum absolute atomic E-state index is 0.0542. The van der Waals surface area contributed by atoms with Gasteiger partial charge in [0.25, 0.3) is 0 Å². The van der Waals surface area contributed by atoms with Gasteiger partial charge in [-0.25, -0.2) is 4.99 Å². The van der Waals surface area contributed by atoms with Crippen molar-refractivity contribution in [1.82, 2.24) is 0 Å². The normalized spacial score (nSPS) is 21.3. The second-order valence-electron chi connectivity index (χ2n) is 6.30. The van der Waals surface area contributed by atoms with E-state index >= 15 is 0 Å². The van der Waals surface area contributed by atoms with Crippen molar-refractivity contribution < 1.29 is 9.84 Å². The highest BCUT2D eigenvalue weighted by Gasteiger charge is 2.27. The van der Waals surface area contributed by atoms with Gasteiger partial charge in [0.1, 0.15) is 12.1 Å². The van der Waals surface area contributed by atoms with Crippen molar-refractivity contribution in [2.24, 2.45) is 4.99 Å². The number of allylic oxidation sites excluding steroid dienone is 1. The van der Waals surface area contributed by atoms with Crippen LogP contribution in [0.4, 0.5) is 0 Å². The predicted octanol–water partition coefficient (Wildman–Crippen LogP) is 5.03. The fourth-order valence-corrected chi connectivity index (χ4v) is 2.75. The van der Waals surface area contributed by atoms with Crippen molar-refractivity contribution in [3.05, 3.63) is 12.2 Å². The van der Waals surface area contributed by atoms with Crippen LogP contribution in [0.3, 0.4) is 0 Å². The van der Waals surface area contributed by atoms with Gasteiger partial charge >= 0.3 is 0 Å². The average molecular weight is 309 g/mol. The molecule has 0 spiro atoms. The Labute approximate surface area is 136 Å². The number of nitrogens with zero attached hydrogens (tertiary/aromatic N) is 1. The molecule has 1 heterocycles. The fraction of sp³-hybridized carbons (Fsp3) is 0.842. The van der Waals surface area contributed by atoms with E-state index in [1.54, 1.807) is 0 Å². The first kappa shape index (κ1) is 19.2. The summed E-state index contributed by atoms with van der Waals surface area (Å²) in [6.45, 7) is 4.52. The van der Waals surface area contributed by atoms with Gasteiger partial charge < -0.3 is 9.84 Å². The average Bonchev–Trinajstić information content (AvgIpc) is 2.93. The van der Waals surface area contributed by atoms with Crippen LogP contribution in [-0.4, -0.2) is 29.8 Å². The molecule has 2 atom stereocenters. The summed E-state index contributed by atoms with van der Waals surface area (Å²) >= 11 is 0. The van der Waals surface area contributed by atoms with Gasteiger partial charge in [-0.05, 0) is 18.9 Å². The van der Waals surface area contributed by atoms with Crippen LogP contribution < -0.4 is 0 Å². The molecule has 1 rings (SSSR count). The van der Waals surface area contributed by atoms with Gasteiger partial charge in [0.15, 0.2) is 5.90 Å². The highest BCUT2D eigenvalue weighted by molar-refractivity contribution is 5.78. The van der Waals surface area contributed by atoms with E-state index < -0.39 is 0 Å². The zero-order valence-electron chi connectivity index (χ0n) is 14.6. The molecule has 0 aromatic rings. The molecular weight excluding hydrogens is 274 g/mol. The number of ether oxygens (including phenoxy) is 1. The van der Waals surface area contributed by atoms with Crippen molar-refractivity contribution in [2.45, 2.75) is 96.6 Å².